The second-order valence-electron chi connectivity index (χ2n) is 5.05. The first-order chi connectivity index (χ1) is 10.1. The zero-order valence-corrected chi connectivity index (χ0v) is 12.1. The van der Waals surface area contributed by atoms with Crippen LogP contribution < -0.4 is 15.5 Å². The number of nitrogens with zero attached hydrogens (tertiary/aromatic N) is 2. The van der Waals surface area contributed by atoms with Gasteiger partial charge in [-0.2, -0.15) is 0 Å². The van der Waals surface area contributed by atoms with E-state index >= 15 is 0 Å². The Labute approximate surface area is 123 Å². The highest BCUT2D eigenvalue weighted by Crippen LogP contribution is 2.27. The first-order valence-electron chi connectivity index (χ1n) is 7.15. The monoisotopic (exact) mass is 292 g/mol. The van der Waals surface area contributed by atoms with Gasteiger partial charge in [0.05, 0.1) is 11.5 Å². The molecule has 1 aliphatic rings. The van der Waals surface area contributed by atoms with Crippen LogP contribution in [0.3, 0.4) is 0 Å². The van der Waals surface area contributed by atoms with E-state index in [4.69, 9.17) is 0 Å². The van der Waals surface area contributed by atoms with Crippen molar-refractivity contribution >= 4 is 23.0 Å². The van der Waals surface area contributed by atoms with Crippen molar-refractivity contribution in [3.8, 4) is 0 Å². The van der Waals surface area contributed by atoms with Crippen LogP contribution in [0.1, 0.15) is 19.8 Å². The van der Waals surface area contributed by atoms with Crippen molar-refractivity contribution in [2.24, 2.45) is 0 Å². The molecule has 0 bridgehead atoms. The van der Waals surface area contributed by atoms with Gasteiger partial charge in [-0.3, -0.25) is 14.9 Å². The molecule has 0 spiro atoms. The van der Waals surface area contributed by atoms with Gasteiger partial charge < -0.3 is 15.5 Å². The van der Waals surface area contributed by atoms with E-state index in [9.17, 15) is 14.9 Å². The Kier molecular flexibility index (Phi) is 4.97. The van der Waals surface area contributed by atoms with Crippen LogP contribution in [0.25, 0.3) is 0 Å². The number of anilines is 2. The number of non-ortho nitro benzene ring substituents is 1. The molecule has 0 unspecified atom stereocenters. The second-order valence-corrected chi connectivity index (χ2v) is 5.05. The van der Waals surface area contributed by atoms with E-state index in [1.54, 1.807) is 0 Å². The van der Waals surface area contributed by atoms with E-state index in [0.29, 0.717) is 24.5 Å². The standard InChI is InChI=1S/C14H20N4O3/c1-2-4-15-11-7-12(9-13(8-11)18(20)21)17-6-3-5-16-14(19)10-17/h7-9,15H,2-6,10H2,1H3,(H,16,19). The van der Waals surface area contributed by atoms with Gasteiger partial charge in [-0.15, -0.1) is 0 Å². The fraction of sp³-hybridized carbons (Fsp3) is 0.500. The highest BCUT2D eigenvalue weighted by atomic mass is 16.6. The van der Waals surface area contributed by atoms with Crippen molar-refractivity contribution in [3.05, 3.63) is 28.3 Å². The summed E-state index contributed by atoms with van der Waals surface area (Å²) in [5, 5.41) is 17.0. The Morgan fingerprint density at radius 1 is 1.43 bits per heavy atom. The first-order valence-corrected chi connectivity index (χ1v) is 7.15. The van der Waals surface area contributed by atoms with Crippen LogP contribution in [0.2, 0.25) is 0 Å². The average Bonchev–Trinajstić information content (AvgIpc) is 2.69. The van der Waals surface area contributed by atoms with Gasteiger partial charge in [0.25, 0.3) is 5.69 Å². The second kappa shape index (κ2) is 6.92. The summed E-state index contributed by atoms with van der Waals surface area (Å²) in [5.74, 6) is -0.0536. The van der Waals surface area contributed by atoms with Crippen LogP contribution in [-0.4, -0.2) is 37.0 Å². The summed E-state index contributed by atoms with van der Waals surface area (Å²) in [6, 6.07) is 4.91. The summed E-state index contributed by atoms with van der Waals surface area (Å²) < 4.78 is 0. The number of nitrogens with one attached hydrogen (secondary N) is 2. The fourth-order valence-corrected chi connectivity index (χ4v) is 2.28. The summed E-state index contributed by atoms with van der Waals surface area (Å²) in [7, 11) is 0. The smallest absolute Gasteiger partial charge is 0.273 e. The minimum absolute atomic E-state index is 0.0377. The van der Waals surface area contributed by atoms with Gasteiger partial charge in [0, 0.05) is 43.1 Å². The molecule has 2 rings (SSSR count). The summed E-state index contributed by atoms with van der Waals surface area (Å²) >= 11 is 0. The Bertz CT molecular complexity index is 533. The highest BCUT2D eigenvalue weighted by Gasteiger charge is 2.18. The van der Waals surface area contributed by atoms with Crippen LogP contribution in [0.4, 0.5) is 17.1 Å². The van der Waals surface area contributed by atoms with Gasteiger partial charge in [-0.25, -0.2) is 0 Å². The molecule has 1 aromatic rings. The molecular weight excluding hydrogens is 272 g/mol. The third kappa shape index (κ3) is 4.08. The number of rotatable bonds is 5. The van der Waals surface area contributed by atoms with Gasteiger partial charge >= 0.3 is 0 Å². The van der Waals surface area contributed by atoms with Crippen LogP contribution in [0, 0.1) is 10.1 Å². The molecule has 7 heteroatoms. The molecule has 2 N–H and O–H groups in total. The Balaban J connectivity index is 2.29. The normalized spacial score (nSPS) is 15.3. The number of hydrogen-bond acceptors (Lipinski definition) is 5. The first kappa shape index (κ1) is 15.1. The highest BCUT2D eigenvalue weighted by molar-refractivity contribution is 5.82. The maximum Gasteiger partial charge on any atom is 0.273 e. The number of benzene rings is 1. The van der Waals surface area contributed by atoms with E-state index < -0.39 is 4.92 Å². The maximum atomic E-state index is 11.6. The fourth-order valence-electron chi connectivity index (χ4n) is 2.28. The Morgan fingerprint density at radius 2 is 2.24 bits per heavy atom. The Hall–Kier alpha value is -2.31. The van der Waals surface area contributed by atoms with Crippen LogP contribution in [0.15, 0.2) is 18.2 Å². The van der Waals surface area contributed by atoms with Gasteiger partial charge in [0.1, 0.15) is 0 Å². The summed E-state index contributed by atoms with van der Waals surface area (Å²) in [6.45, 7) is 4.36. The molecule has 1 amide bonds. The lowest BCUT2D eigenvalue weighted by molar-refractivity contribution is -0.384. The van der Waals surface area contributed by atoms with Crippen molar-refractivity contribution in [2.45, 2.75) is 19.8 Å². The van der Waals surface area contributed by atoms with Crippen LogP contribution in [-0.2, 0) is 4.79 Å². The largest absolute Gasteiger partial charge is 0.385 e. The van der Waals surface area contributed by atoms with Crippen LogP contribution >= 0.6 is 0 Å². The number of nitro benzene ring substituents is 1. The average molecular weight is 292 g/mol. The molecule has 0 saturated carbocycles. The molecule has 21 heavy (non-hydrogen) atoms. The number of carbonyl (C=O) groups is 1. The quantitative estimate of drug-likeness (QED) is 0.637. The van der Waals surface area contributed by atoms with Gasteiger partial charge in [0.2, 0.25) is 5.91 Å². The lowest BCUT2D eigenvalue weighted by Crippen LogP contribution is -2.33. The van der Waals surface area contributed by atoms with E-state index in [1.165, 1.54) is 12.1 Å². The van der Waals surface area contributed by atoms with Crippen molar-refractivity contribution in [1.82, 2.24) is 5.32 Å². The maximum absolute atomic E-state index is 11.6. The molecule has 0 aromatic heterocycles. The van der Waals surface area contributed by atoms with Gasteiger partial charge in [-0.1, -0.05) is 6.92 Å². The predicted octanol–water partition coefficient (Wildman–Crippen LogP) is 1.74. The van der Waals surface area contributed by atoms with Gasteiger partial charge in [-0.05, 0) is 18.9 Å². The molecule has 1 aromatic carbocycles. The predicted molar refractivity (Wildman–Crippen MR) is 81.7 cm³/mol. The third-order valence-electron chi connectivity index (χ3n) is 3.32. The van der Waals surface area contributed by atoms with Gasteiger partial charge in [0.15, 0.2) is 0 Å². The molecule has 1 fully saturated rings. The molecule has 1 heterocycles. The molecule has 1 aliphatic heterocycles. The molecule has 1 saturated heterocycles. The lowest BCUT2D eigenvalue weighted by atomic mass is 10.2. The Morgan fingerprint density at radius 3 is 2.95 bits per heavy atom. The van der Waals surface area contributed by atoms with E-state index in [0.717, 1.165) is 19.4 Å². The van der Waals surface area contributed by atoms with Crippen LogP contribution in [0.5, 0.6) is 0 Å². The topological polar surface area (TPSA) is 87.5 Å². The number of nitro groups is 1. The zero-order chi connectivity index (χ0) is 15.2. The number of hydrogen-bond donors (Lipinski definition) is 2. The lowest BCUT2D eigenvalue weighted by Gasteiger charge is -2.22. The van der Waals surface area contributed by atoms with Crippen molar-refractivity contribution in [1.29, 1.82) is 0 Å². The van der Waals surface area contributed by atoms with E-state index in [-0.39, 0.29) is 18.1 Å². The molecule has 0 atom stereocenters. The zero-order valence-electron chi connectivity index (χ0n) is 12.1. The molecule has 114 valence electrons. The molecule has 0 radical (unpaired) electrons. The number of amides is 1. The van der Waals surface area contributed by atoms with E-state index in [2.05, 4.69) is 10.6 Å². The van der Waals surface area contributed by atoms with Crippen molar-refractivity contribution < 1.29 is 9.72 Å². The molecule has 0 aliphatic carbocycles. The molecule has 7 nitrogen and oxygen atoms in total. The summed E-state index contributed by atoms with van der Waals surface area (Å²) in [4.78, 5) is 24.2. The third-order valence-corrected chi connectivity index (χ3v) is 3.32. The van der Waals surface area contributed by atoms with Crippen molar-refractivity contribution in [2.75, 3.05) is 36.4 Å². The summed E-state index contributed by atoms with van der Waals surface area (Å²) in [5.41, 5.74) is 1.46. The molecular formula is C14H20N4O3. The number of carbonyl (C=O) groups excluding carboxylic acids is 1. The minimum Gasteiger partial charge on any atom is -0.385 e. The SMILES string of the molecule is CCCNc1cc(N2CCCNC(=O)C2)cc([N+](=O)[O-])c1. The van der Waals surface area contributed by atoms with E-state index in [1.807, 2.05) is 17.9 Å². The minimum atomic E-state index is -0.404. The van der Waals surface area contributed by atoms with Crippen molar-refractivity contribution in [3.63, 3.8) is 0 Å². The summed E-state index contributed by atoms with van der Waals surface area (Å²) in [6.07, 6.45) is 1.76.